The van der Waals surface area contributed by atoms with Crippen LogP contribution in [0.5, 0.6) is 0 Å². The van der Waals surface area contributed by atoms with E-state index in [-0.39, 0.29) is 18.9 Å². The highest BCUT2D eigenvalue weighted by molar-refractivity contribution is 7.89. The van der Waals surface area contributed by atoms with Gasteiger partial charge >= 0.3 is 0 Å². The average Bonchev–Trinajstić information content (AvgIpc) is 3.03. The topological polar surface area (TPSA) is 75.3 Å². The van der Waals surface area contributed by atoms with Gasteiger partial charge in [-0.2, -0.15) is 0 Å². The summed E-state index contributed by atoms with van der Waals surface area (Å²) in [5, 5.41) is 2.71. The number of thiophene rings is 1. The van der Waals surface area contributed by atoms with Gasteiger partial charge in [-0.15, -0.1) is 11.3 Å². The Hall–Kier alpha value is -1.84. The van der Waals surface area contributed by atoms with Crippen molar-refractivity contribution in [2.24, 2.45) is 0 Å². The predicted molar refractivity (Wildman–Crippen MR) is 91.7 cm³/mol. The van der Waals surface area contributed by atoms with Crippen LogP contribution in [0.15, 0.2) is 35.2 Å². The smallest absolute Gasteiger partial charge is 0.240 e. The van der Waals surface area contributed by atoms with Gasteiger partial charge in [0.25, 0.3) is 0 Å². The standard InChI is InChI=1S/C16H18F2N2O3S2/c1-2-11-3-4-12(24-11)10-19-16(21)7-8-20-25(22,23)13-5-6-14(17)15(18)9-13/h3-6,9,20H,2,7-8,10H2,1H3,(H,19,21). The fourth-order valence-electron chi connectivity index (χ4n) is 2.01. The summed E-state index contributed by atoms with van der Waals surface area (Å²) in [6.07, 6.45) is 0.874. The normalized spacial score (nSPS) is 11.5. The minimum absolute atomic E-state index is 0.0606. The molecule has 0 aliphatic rings. The second-order valence-corrected chi connectivity index (χ2v) is 8.24. The van der Waals surface area contributed by atoms with E-state index in [4.69, 9.17) is 0 Å². The molecule has 136 valence electrons. The Morgan fingerprint density at radius 3 is 2.48 bits per heavy atom. The minimum Gasteiger partial charge on any atom is -0.351 e. The van der Waals surface area contributed by atoms with Crippen molar-refractivity contribution in [2.45, 2.75) is 31.2 Å². The second kappa shape index (κ2) is 8.50. The van der Waals surface area contributed by atoms with Crippen LogP contribution in [0.4, 0.5) is 8.78 Å². The second-order valence-electron chi connectivity index (χ2n) is 5.22. The van der Waals surface area contributed by atoms with Crippen molar-refractivity contribution in [3.63, 3.8) is 0 Å². The largest absolute Gasteiger partial charge is 0.351 e. The molecule has 0 spiro atoms. The molecule has 0 atom stereocenters. The average molecular weight is 388 g/mol. The highest BCUT2D eigenvalue weighted by Crippen LogP contribution is 2.16. The van der Waals surface area contributed by atoms with Gasteiger partial charge in [0.15, 0.2) is 11.6 Å². The monoisotopic (exact) mass is 388 g/mol. The molecule has 2 N–H and O–H groups in total. The number of carbonyl (C=O) groups is 1. The van der Waals surface area contributed by atoms with Crippen molar-refractivity contribution in [2.75, 3.05) is 6.54 Å². The number of rotatable bonds is 8. The zero-order valence-electron chi connectivity index (χ0n) is 13.5. The Morgan fingerprint density at radius 1 is 1.12 bits per heavy atom. The molecular weight excluding hydrogens is 370 g/mol. The molecule has 0 unspecified atom stereocenters. The first-order valence-electron chi connectivity index (χ1n) is 7.61. The van der Waals surface area contributed by atoms with Crippen molar-refractivity contribution in [3.8, 4) is 0 Å². The molecule has 0 saturated heterocycles. The van der Waals surface area contributed by atoms with Gasteiger partial charge in [0.1, 0.15) is 0 Å². The quantitative estimate of drug-likeness (QED) is 0.730. The summed E-state index contributed by atoms with van der Waals surface area (Å²) in [7, 11) is -4.00. The van der Waals surface area contributed by atoms with E-state index in [2.05, 4.69) is 10.0 Å². The summed E-state index contributed by atoms with van der Waals surface area (Å²) in [4.78, 5) is 13.6. The van der Waals surface area contributed by atoms with E-state index in [1.165, 1.54) is 4.88 Å². The number of carbonyl (C=O) groups excluding carboxylic acids is 1. The lowest BCUT2D eigenvalue weighted by atomic mass is 10.3. The van der Waals surface area contributed by atoms with E-state index in [9.17, 15) is 22.0 Å². The Morgan fingerprint density at radius 2 is 1.84 bits per heavy atom. The number of benzene rings is 1. The molecule has 1 amide bonds. The number of hydrogen-bond acceptors (Lipinski definition) is 4. The van der Waals surface area contributed by atoms with E-state index in [0.29, 0.717) is 12.6 Å². The Balaban J connectivity index is 1.80. The maximum Gasteiger partial charge on any atom is 0.240 e. The van der Waals surface area contributed by atoms with Gasteiger partial charge in [0, 0.05) is 22.7 Å². The zero-order chi connectivity index (χ0) is 18.4. The van der Waals surface area contributed by atoms with Crippen LogP contribution < -0.4 is 10.0 Å². The molecule has 1 aromatic carbocycles. The van der Waals surface area contributed by atoms with Gasteiger partial charge in [-0.3, -0.25) is 4.79 Å². The van der Waals surface area contributed by atoms with E-state index in [1.54, 1.807) is 11.3 Å². The van der Waals surface area contributed by atoms with Crippen LogP contribution in [-0.4, -0.2) is 20.9 Å². The fraction of sp³-hybridized carbons (Fsp3) is 0.312. The van der Waals surface area contributed by atoms with Gasteiger partial charge < -0.3 is 5.32 Å². The predicted octanol–water partition coefficient (Wildman–Crippen LogP) is 2.57. The third-order valence-corrected chi connectivity index (χ3v) is 6.06. The van der Waals surface area contributed by atoms with Gasteiger partial charge in [0.05, 0.1) is 11.4 Å². The summed E-state index contributed by atoms with van der Waals surface area (Å²) in [5.74, 6) is -2.68. The summed E-state index contributed by atoms with van der Waals surface area (Å²) >= 11 is 1.61. The van der Waals surface area contributed by atoms with Crippen molar-refractivity contribution >= 4 is 27.3 Å². The van der Waals surface area contributed by atoms with E-state index in [0.717, 1.165) is 23.4 Å². The molecule has 5 nitrogen and oxygen atoms in total. The molecule has 0 fully saturated rings. The number of halogens is 2. The third-order valence-electron chi connectivity index (χ3n) is 3.37. The number of amides is 1. The van der Waals surface area contributed by atoms with Crippen LogP contribution in [0, 0.1) is 11.6 Å². The van der Waals surface area contributed by atoms with E-state index in [1.807, 2.05) is 19.1 Å². The molecular formula is C16H18F2N2O3S2. The first-order valence-corrected chi connectivity index (χ1v) is 9.91. The zero-order valence-corrected chi connectivity index (χ0v) is 15.1. The molecule has 0 aliphatic heterocycles. The van der Waals surface area contributed by atoms with Crippen molar-refractivity contribution in [3.05, 3.63) is 51.7 Å². The lowest BCUT2D eigenvalue weighted by Crippen LogP contribution is -2.30. The van der Waals surface area contributed by atoms with Gasteiger partial charge in [-0.25, -0.2) is 21.9 Å². The van der Waals surface area contributed by atoms with Crippen LogP contribution in [-0.2, 0) is 27.8 Å². The third kappa shape index (κ3) is 5.58. The Labute approximate surface area is 149 Å². The maximum atomic E-state index is 13.1. The SMILES string of the molecule is CCc1ccc(CNC(=O)CCNS(=O)(=O)c2ccc(F)c(F)c2)s1. The number of hydrogen-bond donors (Lipinski definition) is 2. The van der Waals surface area contributed by atoms with E-state index < -0.39 is 26.6 Å². The Kier molecular flexibility index (Phi) is 6.63. The minimum atomic E-state index is -4.00. The lowest BCUT2D eigenvalue weighted by Gasteiger charge is -2.07. The first-order chi connectivity index (χ1) is 11.8. The molecule has 2 aromatic rings. The van der Waals surface area contributed by atoms with Crippen molar-refractivity contribution in [1.82, 2.24) is 10.0 Å². The van der Waals surface area contributed by atoms with Gasteiger partial charge in [-0.1, -0.05) is 6.92 Å². The van der Waals surface area contributed by atoms with Crippen LogP contribution >= 0.6 is 11.3 Å². The summed E-state index contributed by atoms with van der Waals surface area (Å²) in [5.41, 5.74) is 0. The Bertz CT molecular complexity index is 851. The molecule has 9 heteroatoms. The van der Waals surface area contributed by atoms with Crippen LogP contribution in [0.1, 0.15) is 23.1 Å². The van der Waals surface area contributed by atoms with Crippen molar-refractivity contribution < 1.29 is 22.0 Å². The highest BCUT2D eigenvalue weighted by atomic mass is 32.2. The van der Waals surface area contributed by atoms with Crippen LogP contribution in [0.25, 0.3) is 0 Å². The fourth-order valence-corrected chi connectivity index (χ4v) is 3.95. The molecule has 0 saturated carbocycles. The van der Waals surface area contributed by atoms with Gasteiger partial charge in [-0.05, 0) is 36.8 Å². The molecule has 1 heterocycles. The van der Waals surface area contributed by atoms with Gasteiger partial charge in [0.2, 0.25) is 15.9 Å². The van der Waals surface area contributed by atoms with Crippen molar-refractivity contribution in [1.29, 1.82) is 0 Å². The molecule has 0 aliphatic carbocycles. The van der Waals surface area contributed by atoms with Crippen LogP contribution in [0.3, 0.4) is 0 Å². The molecule has 0 radical (unpaired) electrons. The van der Waals surface area contributed by atoms with E-state index >= 15 is 0 Å². The molecule has 25 heavy (non-hydrogen) atoms. The molecule has 0 bridgehead atoms. The summed E-state index contributed by atoms with van der Waals surface area (Å²) in [6, 6.07) is 6.24. The first kappa shape index (κ1) is 19.5. The number of aryl methyl sites for hydroxylation is 1. The molecule has 1 aromatic heterocycles. The number of sulfonamides is 1. The molecule has 2 rings (SSSR count). The summed E-state index contributed by atoms with van der Waals surface area (Å²) < 4.78 is 52.1. The highest BCUT2D eigenvalue weighted by Gasteiger charge is 2.16. The number of nitrogens with one attached hydrogen (secondary N) is 2. The lowest BCUT2D eigenvalue weighted by molar-refractivity contribution is -0.121. The van der Waals surface area contributed by atoms with Crippen LogP contribution in [0.2, 0.25) is 0 Å². The maximum absolute atomic E-state index is 13.1. The summed E-state index contributed by atoms with van der Waals surface area (Å²) in [6.45, 7) is 2.30.